The van der Waals surface area contributed by atoms with Crippen molar-refractivity contribution in [1.29, 1.82) is 0 Å². The number of carbonyl (C=O) groups excluding carboxylic acids is 2. The zero-order valence-electron chi connectivity index (χ0n) is 20.9. The number of benzene rings is 1. The summed E-state index contributed by atoms with van der Waals surface area (Å²) in [5.41, 5.74) is 2.73. The monoisotopic (exact) mass is 440 g/mol. The molecule has 6 heteroatoms. The SMILES string of the molecule is CCCCC(=O)N(CCC(C)C)CC(=O)Nc1cc(C(C)(C)C)nn1-c1ccccc1C. The van der Waals surface area contributed by atoms with Gasteiger partial charge in [-0.3, -0.25) is 9.59 Å². The Morgan fingerprint density at radius 3 is 2.47 bits per heavy atom. The highest BCUT2D eigenvalue weighted by molar-refractivity contribution is 5.94. The molecule has 2 aromatic rings. The summed E-state index contributed by atoms with van der Waals surface area (Å²) in [6.45, 7) is 15.3. The van der Waals surface area contributed by atoms with Gasteiger partial charge in [-0.05, 0) is 37.3 Å². The molecule has 0 fully saturated rings. The van der Waals surface area contributed by atoms with Crippen molar-refractivity contribution >= 4 is 17.6 Å². The highest BCUT2D eigenvalue weighted by atomic mass is 16.2. The van der Waals surface area contributed by atoms with Crippen molar-refractivity contribution in [2.45, 2.75) is 79.6 Å². The number of rotatable bonds is 10. The Labute approximate surface area is 193 Å². The molecule has 0 aliphatic carbocycles. The maximum absolute atomic E-state index is 13.0. The average molecular weight is 441 g/mol. The number of nitrogens with zero attached hydrogens (tertiary/aromatic N) is 3. The van der Waals surface area contributed by atoms with Crippen molar-refractivity contribution in [2.75, 3.05) is 18.4 Å². The van der Waals surface area contributed by atoms with Crippen molar-refractivity contribution in [3.8, 4) is 5.69 Å². The van der Waals surface area contributed by atoms with Gasteiger partial charge in [0, 0.05) is 24.4 Å². The van der Waals surface area contributed by atoms with Crippen molar-refractivity contribution in [2.24, 2.45) is 5.92 Å². The largest absolute Gasteiger partial charge is 0.333 e. The van der Waals surface area contributed by atoms with Crippen LogP contribution in [0.25, 0.3) is 5.69 Å². The number of nitrogens with one attached hydrogen (secondary N) is 1. The average Bonchev–Trinajstić information content (AvgIpc) is 3.13. The minimum Gasteiger partial charge on any atom is -0.333 e. The minimum absolute atomic E-state index is 0.0467. The van der Waals surface area contributed by atoms with Crippen LogP contribution in [0.15, 0.2) is 30.3 Å². The summed E-state index contributed by atoms with van der Waals surface area (Å²) >= 11 is 0. The van der Waals surface area contributed by atoms with Crippen molar-refractivity contribution in [1.82, 2.24) is 14.7 Å². The molecular formula is C26H40N4O2. The van der Waals surface area contributed by atoms with E-state index in [4.69, 9.17) is 5.10 Å². The minimum atomic E-state index is -0.200. The lowest BCUT2D eigenvalue weighted by molar-refractivity contribution is -0.135. The van der Waals surface area contributed by atoms with Crippen LogP contribution in [0.3, 0.4) is 0 Å². The van der Waals surface area contributed by atoms with Crippen LogP contribution in [0.4, 0.5) is 5.82 Å². The summed E-state index contributed by atoms with van der Waals surface area (Å²) < 4.78 is 1.80. The summed E-state index contributed by atoms with van der Waals surface area (Å²) in [6.07, 6.45) is 3.16. The number of anilines is 1. The molecule has 1 N–H and O–H groups in total. The standard InChI is InChI=1S/C26H40N4O2/c1-8-9-14-25(32)29(16-15-19(2)3)18-24(31)27-23-17-22(26(5,6)7)28-30(23)21-13-11-10-12-20(21)4/h10-13,17,19H,8-9,14-16,18H2,1-7H3,(H,27,31). The summed E-state index contributed by atoms with van der Waals surface area (Å²) in [6, 6.07) is 9.90. The normalized spacial score (nSPS) is 11.6. The third kappa shape index (κ3) is 7.21. The fourth-order valence-corrected chi connectivity index (χ4v) is 3.37. The Morgan fingerprint density at radius 2 is 1.88 bits per heavy atom. The van der Waals surface area contributed by atoms with E-state index in [2.05, 4.69) is 46.9 Å². The molecule has 32 heavy (non-hydrogen) atoms. The molecular weight excluding hydrogens is 400 g/mol. The zero-order chi connectivity index (χ0) is 23.9. The Morgan fingerprint density at radius 1 is 1.19 bits per heavy atom. The third-order valence-electron chi connectivity index (χ3n) is 5.50. The molecule has 1 aromatic carbocycles. The fourth-order valence-electron chi connectivity index (χ4n) is 3.37. The molecule has 2 amide bonds. The van der Waals surface area contributed by atoms with Gasteiger partial charge in [0.15, 0.2) is 0 Å². The Bertz CT molecular complexity index is 909. The van der Waals surface area contributed by atoms with E-state index in [0.29, 0.717) is 24.7 Å². The molecule has 6 nitrogen and oxygen atoms in total. The fraction of sp³-hybridized carbons (Fsp3) is 0.577. The Hall–Kier alpha value is -2.63. The van der Waals surface area contributed by atoms with Crippen LogP contribution in [0.2, 0.25) is 0 Å². The molecule has 2 rings (SSSR count). The predicted octanol–water partition coefficient (Wildman–Crippen LogP) is 5.48. The van der Waals surface area contributed by atoms with Crippen LogP contribution >= 0.6 is 0 Å². The number of para-hydroxylation sites is 1. The first-order valence-corrected chi connectivity index (χ1v) is 11.8. The van der Waals surface area contributed by atoms with E-state index in [-0.39, 0.29) is 23.8 Å². The van der Waals surface area contributed by atoms with E-state index in [1.807, 2.05) is 37.3 Å². The van der Waals surface area contributed by atoms with Crippen LogP contribution in [-0.2, 0) is 15.0 Å². The van der Waals surface area contributed by atoms with Gasteiger partial charge in [-0.2, -0.15) is 5.10 Å². The quantitative estimate of drug-likeness (QED) is 0.532. The summed E-state index contributed by atoms with van der Waals surface area (Å²) in [4.78, 5) is 27.4. The van der Waals surface area contributed by atoms with Gasteiger partial charge in [0.25, 0.3) is 0 Å². The number of carbonyl (C=O) groups is 2. The van der Waals surface area contributed by atoms with Crippen LogP contribution < -0.4 is 5.32 Å². The van der Waals surface area contributed by atoms with Crippen LogP contribution in [0, 0.1) is 12.8 Å². The van der Waals surface area contributed by atoms with Crippen molar-refractivity contribution < 1.29 is 9.59 Å². The second-order valence-corrected chi connectivity index (χ2v) is 10.0. The molecule has 0 aliphatic rings. The summed E-state index contributed by atoms with van der Waals surface area (Å²) in [5, 5.41) is 7.83. The van der Waals surface area contributed by atoms with Gasteiger partial charge in [-0.1, -0.05) is 66.2 Å². The van der Waals surface area contributed by atoms with Gasteiger partial charge < -0.3 is 10.2 Å². The summed E-state index contributed by atoms with van der Waals surface area (Å²) in [5.74, 6) is 0.939. The summed E-state index contributed by atoms with van der Waals surface area (Å²) in [7, 11) is 0. The number of hydrogen-bond donors (Lipinski definition) is 1. The molecule has 0 bridgehead atoms. The van der Waals surface area contributed by atoms with Gasteiger partial charge in [-0.25, -0.2) is 4.68 Å². The molecule has 0 saturated heterocycles. The van der Waals surface area contributed by atoms with Crippen molar-refractivity contribution in [3.63, 3.8) is 0 Å². The van der Waals surface area contributed by atoms with E-state index in [0.717, 1.165) is 36.2 Å². The van der Waals surface area contributed by atoms with Gasteiger partial charge in [0.2, 0.25) is 11.8 Å². The van der Waals surface area contributed by atoms with Crippen LogP contribution in [-0.4, -0.2) is 39.6 Å². The van der Waals surface area contributed by atoms with E-state index in [9.17, 15) is 9.59 Å². The van der Waals surface area contributed by atoms with Gasteiger partial charge in [0.1, 0.15) is 5.82 Å². The smallest absolute Gasteiger partial charge is 0.245 e. The number of amides is 2. The number of aromatic nitrogens is 2. The molecule has 0 atom stereocenters. The molecule has 1 heterocycles. The van der Waals surface area contributed by atoms with Gasteiger partial charge in [0.05, 0.1) is 17.9 Å². The topological polar surface area (TPSA) is 67.2 Å². The number of hydrogen-bond acceptors (Lipinski definition) is 3. The van der Waals surface area contributed by atoms with Gasteiger partial charge in [-0.15, -0.1) is 0 Å². The lowest BCUT2D eigenvalue weighted by atomic mass is 9.92. The first kappa shape index (κ1) is 25.6. The molecule has 176 valence electrons. The number of aryl methyl sites for hydroxylation is 1. The lowest BCUT2D eigenvalue weighted by Crippen LogP contribution is -2.39. The maximum Gasteiger partial charge on any atom is 0.245 e. The van der Waals surface area contributed by atoms with Crippen LogP contribution in [0.1, 0.15) is 78.5 Å². The first-order valence-electron chi connectivity index (χ1n) is 11.8. The molecule has 0 radical (unpaired) electrons. The Kier molecular flexibility index (Phi) is 9.05. The number of unbranched alkanes of at least 4 members (excludes halogenated alkanes) is 1. The second kappa shape index (κ2) is 11.3. The highest BCUT2D eigenvalue weighted by Gasteiger charge is 2.23. The molecule has 0 saturated carbocycles. The highest BCUT2D eigenvalue weighted by Crippen LogP contribution is 2.27. The Balaban J connectivity index is 2.27. The second-order valence-electron chi connectivity index (χ2n) is 10.0. The predicted molar refractivity (Wildman–Crippen MR) is 131 cm³/mol. The molecule has 0 unspecified atom stereocenters. The zero-order valence-corrected chi connectivity index (χ0v) is 20.9. The molecule has 1 aromatic heterocycles. The molecule has 0 spiro atoms. The molecule has 0 aliphatic heterocycles. The lowest BCUT2D eigenvalue weighted by Gasteiger charge is -2.23. The van der Waals surface area contributed by atoms with E-state index >= 15 is 0 Å². The van der Waals surface area contributed by atoms with Gasteiger partial charge >= 0.3 is 0 Å². The van der Waals surface area contributed by atoms with Crippen LogP contribution in [0.5, 0.6) is 0 Å². The van der Waals surface area contributed by atoms with E-state index in [1.54, 1.807) is 9.58 Å². The van der Waals surface area contributed by atoms with E-state index < -0.39 is 0 Å². The third-order valence-corrected chi connectivity index (χ3v) is 5.50. The maximum atomic E-state index is 13.0. The van der Waals surface area contributed by atoms with E-state index in [1.165, 1.54) is 0 Å². The first-order chi connectivity index (χ1) is 15.0. The van der Waals surface area contributed by atoms with Crippen molar-refractivity contribution in [3.05, 3.63) is 41.6 Å².